The van der Waals surface area contributed by atoms with Crippen molar-refractivity contribution in [1.29, 1.82) is 0 Å². The number of aromatic nitrogens is 4. The summed E-state index contributed by atoms with van der Waals surface area (Å²) in [6.07, 6.45) is 10.9. The third-order valence-corrected chi connectivity index (χ3v) is 5.20. The summed E-state index contributed by atoms with van der Waals surface area (Å²) in [5, 5.41) is 0. The molecule has 0 fully saturated rings. The van der Waals surface area contributed by atoms with Crippen molar-refractivity contribution < 1.29 is 0 Å². The Balaban J connectivity index is 1.76. The van der Waals surface area contributed by atoms with Crippen molar-refractivity contribution in [3.8, 4) is 0 Å². The molecule has 1 aromatic carbocycles. The Bertz CT molecular complexity index is 843. The van der Waals surface area contributed by atoms with Crippen LogP contribution >= 0.6 is 0 Å². The van der Waals surface area contributed by atoms with Crippen LogP contribution in [0.5, 0.6) is 0 Å². The number of rotatable bonds is 6. The molecule has 0 aliphatic carbocycles. The molecule has 1 aliphatic heterocycles. The average Bonchev–Trinajstić information content (AvgIpc) is 3.27. The van der Waals surface area contributed by atoms with Gasteiger partial charge < -0.3 is 9.13 Å². The average molecular weight is 322 g/mol. The predicted octanol–water partition coefficient (Wildman–Crippen LogP) is 4.52. The second kappa shape index (κ2) is 6.42. The van der Waals surface area contributed by atoms with Crippen molar-refractivity contribution in [3.63, 3.8) is 0 Å². The highest BCUT2D eigenvalue weighted by Crippen LogP contribution is 2.33. The van der Waals surface area contributed by atoms with Crippen molar-refractivity contribution in [1.82, 2.24) is 19.1 Å². The lowest BCUT2D eigenvalue weighted by Crippen LogP contribution is -2.06. The Morgan fingerprint density at radius 3 is 2.96 bits per heavy atom. The lowest BCUT2D eigenvalue weighted by atomic mass is 10.0. The Labute approximate surface area is 143 Å². The number of hydrogen-bond donors (Lipinski definition) is 0. The van der Waals surface area contributed by atoms with Crippen molar-refractivity contribution >= 4 is 11.0 Å². The standard InChI is InChI=1S/C20H26N4/c1-3-5-11-23-19-12-15(7-9-17(19)22-20(23)6-4-2)18-10-8-16-13-21-14-24(16)18/h7,9,12-14,18H,3-6,8,10-11H2,1-2H3. The zero-order chi connectivity index (χ0) is 16.5. The van der Waals surface area contributed by atoms with Gasteiger partial charge in [-0.05, 0) is 43.4 Å². The highest BCUT2D eigenvalue weighted by atomic mass is 15.1. The summed E-state index contributed by atoms with van der Waals surface area (Å²) in [4.78, 5) is 9.21. The maximum atomic E-state index is 4.90. The Hall–Kier alpha value is -2.10. The molecule has 0 bridgehead atoms. The smallest absolute Gasteiger partial charge is 0.109 e. The summed E-state index contributed by atoms with van der Waals surface area (Å²) in [5.74, 6) is 1.24. The molecular weight excluding hydrogens is 296 g/mol. The van der Waals surface area contributed by atoms with Crippen LogP contribution in [0.1, 0.15) is 62.7 Å². The first kappa shape index (κ1) is 15.4. The maximum absolute atomic E-state index is 4.90. The second-order valence-electron chi connectivity index (χ2n) is 6.88. The number of imidazole rings is 2. The zero-order valence-electron chi connectivity index (χ0n) is 14.7. The fraction of sp³-hybridized carbons (Fsp3) is 0.500. The predicted molar refractivity (Wildman–Crippen MR) is 97.3 cm³/mol. The van der Waals surface area contributed by atoms with Gasteiger partial charge in [0.2, 0.25) is 0 Å². The molecule has 24 heavy (non-hydrogen) atoms. The SMILES string of the molecule is CCCCn1c(CCC)nc2ccc(C3CCc4cncn43)cc21. The van der Waals surface area contributed by atoms with E-state index in [2.05, 4.69) is 46.2 Å². The minimum Gasteiger partial charge on any atom is -0.328 e. The molecule has 4 nitrogen and oxygen atoms in total. The number of unbranched alkanes of at least 4 members (excludes halogenated alkanes) is 1. The van der Waals surface area contributed by atoms with Gasteiger partial charge in [-0.15, -0.1) is 0 Å². The van der Waals surface area contributed by atoms with Crippen LogP contribution < -0.4 is 0 Å². The summed E-state index contributed by atoms with van der Waals surface area (Å²) < 4.78 is 4.79. The highest BCUT2D eigenvalue weighted by molar-refractivity contribution is 5.77. The molecule has 1 aliphatic rings. The molecule has 0 saturated heterocycles. The third-order valence-electron chi connectivity index (χ3n) is 5.20. The molecule has 2 aromatic heterocycles. The van der Waals surface area contributed by atoms with Crippen LogP contribution in [0.2, 0.25) is 0 Å². The van der Waals surface area contributed by atoms with Crippen molar-refractivity contribution in [2.24, 2.45) is 0 Å². The van der Waals surface area contributed by atoms with Gasteiger partial charge in [-0.25, -0.2) is 9.97 Å². The van der Waals surface area contributed by atoms with E-state index in [-0.39, 0.29) is 0 Å². The molecule has 0 saturated carbocycles. The van der Waals surface area contributed by atoms with Gasteiger partial charge in [-0.1, -0.05) is 26.3 Å². The van der Waals surface area contributed by atoms with Crippen LogP contribution in [-0.2, 0) is 19.4 Å². The Morgan fingerprint density at radius 2 is 2.12 bits per heavy atom. The number of aryl methyl sites for hydroxylation is 3. The first-order valence-corrected chi connectivity index (χ1v) is 9.31. The Morgan fingerprint density at radius 1 is 1.21 bits per heavy atom. The molecule has 1 atom stereocenters. The lowest BCUT2D eigenvalue weighted by molar-refractivity contribution is 0.606. The second-order valence-corrected chi connectivity index (χ2v) is 6.88. The molecule has 3 aromatic rings. The molecule has 0 spiro atoms. The van der Waals surface area contributed by atoms with E-state index in [0.29, 0.717) is 6.04 Å². The van der Waals surface area contributed by atoms with Gasteiger partial charge in [0.15, 0.2) is 0 Å². The topological polar surface area (TPSA) is 35.6 Å². The first-order chi connectivity index (χ1) is 11.8. The molecule has 126 valence electrons. The fourth-order valence-electron chi connectivity index (χ4n) is 3.93. The number of fused-ring (bicyclic) bond motifs is 2. The number of nitrogens with zero attached hydrogens (tertiary/aromatic N) is 4. The summed E-state index contributed by atoms with van der Waals surface area (Å²) in [6.45, 7) is 5.56. The fourth-order valence-corrected chi connectivity index (χ4v) is 3.93. The van der Waals surface area contributed by atoms with Gasteiger partial charge >= 0.3 is 0 Å². The van der Waals surface area contributed by atoms with E-state index < -0.39 is 0 Å². The zero-order valence-corrected chi connectivity index (χ0v) is 14.7. The maximum Gasteiger partial charge on any atom is 0.109 e. The summed E-state index contributed by atoms with van der Waals surface area (Å²) in [5.41, 5.74) is 5.19. The third kappa shape index (κ3) is 2.54. The van der Waals surface area contributed by atoms with Crippen LogP contribution in [-0.4, -0.2) is 19.1 Å². The lowest BCUT2D eigenvalue weighted by Gasteiger charge is -2.14. The first-order valence-electron chi connectivity index (χ1n) is 9.31. The van der Waals surface area contributed by atoms with E-state index >= 15 is 0 Å². The molecule has 0 radical (unpaired) electrons. The molecular formula is C20H26N4. The van der Waals surface area contributed by atoms with Gasteiger partial charge in [0.05, 0.1) is 23.4 Å². The molecule has 3 heterocycles. The van der Waals surface area contributed by atoms with Crippen LogP contribution in [0.25, 0.3) is 11.0 Å². The molecule has 0 amide bonds. The highest BCUT2D eigenvalue weighted by Gasteiger charge is 2.24. The molecule has 4 rings (SSSR count). The normalized spacial score (nSPS) is 16.8. The Kier molecular flexibility index (Phi) is 4.13. The number of benzene rings is 1. The van der Waals surface area contributed by atoms with Crippen LogP contribution in [0.3, 0.4) is 0 Å². The van der Waals surface area contributed by atoms with E-state index in [1.807, 2.05) is 12.5 Å². The van der Waals surface area contributed by atoms with Gasteiger partial charge in [0, 0.05) is 24.9 Å². The van der Waals surface area contributed by atoms with Gasteiger partial charge in [0.25, 0.3) is 0 Å². The number of hydrogen-bond acceptors (Lipinski definition) is 2. The van der Waals surface area contributed by atoms with E-state index in [9.17, 15) is 0 Å². The van der Waals surface area contributed by atoms with Gasteiger partial charge in [-0.2, -0.15) is 0 Å². The molecule has 4 heteroatoms. The monoisotopic (exact) mass is 322 g/mol. The van der Waals surface area contributed by atoms with Gasteiger partial charge in [0.1, 0.15) is 5.82 Å². The van der Waals surface area contributed by atoms with Crippen molar-refractivity contribution in [2.45, 2.75) is 65.0 Å². The largest absolute Gasteiger partial charge is 0.328 e. The minimum atomic E-state index is 0.427. The molecule has 1 unspecified atom stereocenters. The van der Waals surface area contributed by atoms with Gasteiger partial charge in [-0.3, -0.25) is 0 Å². The van der Waals surface area contributed by atoms with E-state index in [4.69, 9.17) is 4.98 Å². The minimum absolute atomic E-state index is 0.427. The van der Waals surface area contributed by atoms with Crippen LogP contribution in [0.15, 0.2) is 30.7 Å². The van der Waals surface area contributed by atoms with E-state index in [0.717, 1.165) is 31.3 Å². The van der Waals surface area contributed by atoms with Crippen LogP contribution in [0, 0.1) is 0 Å². The summed E-state index contributed by atoms with van der Waals surface area (Å²) in [7, 11) is 0. The summed E-state index contributed by atoms with van der Waals surface area (Å²) in [6, 6.07) is 7.27. The quantitative estimate of drug-likeness (QED) is 0.669. The van der Waals surface area contributed by atoms with E-state index in [1.54, 1.807) is 0 Å². The van der Waals surface area contributed by atoms with E-state index in [1.165, 1.54) is 41.9 Å². The molecule has 0 N–H and O–H groups in total. The van der Waals surface area contributed by atoms with Crippen molar-refractivity contribution in [2.75, 3.05) is 0 Å². The van der Waals surface area contributed by atoms with Crippen molar-refractivity contribution in [3.05, 3.63) is 47.8 Å². The van der Waals surface area contributed by atoms with Crippen LogP contribution in [0.4, 0.5) is 0 Å². The summed E-state index contributed by atoms with van der Waals surface area (Å²) >= 11 is 0.